The summed E-state index contributed by atoms with van der Waals surface area (Å²) in [5.74, 6) is 2.85. The molecule has 0 radical (unpaired) electrons. The Morgan fingerprint density at radius 2 is 1.45 bits per heavy atom. The zero-order chi connectivity index (χ0) is 28.4. The minimum atomic E-state index is -0.402. The number of carbonyl (C=O) groups is 1. The highest BCUT2D eigenvalue weighted by molar-refractivity contribution is 9.10. The third-order valence-corrected chi connectivity index (χ3v) is 7.93. The van der Waals surface area contributed by atoms with E-state index in [2.05, 4.69) is 26.6 Å². The number of benzene rings is 3. The fraction of sp³-hybridized carbons (Fsp3) is 0.323. The smallest absolute Gasteiger partial charge is 0.203 e. The molecule has 3 aromatic rings. The summed E-state index contributed by atoms with van der Waals surface area (Å²) in [5.41, 5.74) is 5.23. The molecule has 1 aliphatic carbocycles. The zero-order valence-electron chi connectivity index (χ0n) is 23.2. The third-order valence-electron chi connectivity index (χ3n) is 7.34. The number of halogens is 1. The van der Waals surface area contributed by atoms with Gasteiger partial charge in [0, 0.05) is 17.7 Å². The maximum absolute atomic E-state index is 14.0. The van der Waals surface area contributed by atoms with E-state index in [4.69, 9.17) is 23.7 Å². The molecule has 9 heteroatoms. The first kappa shape index (κ1) is 27.7. The summed E-state index contributed by atoms with van der Waals surface area (Å²) in [6.45, 7) is 2.43. The van der Waals surface area contributed by atoms with E-state index in [0.717, 1.165) is 32.7 Å². The molecule has 0 spiro atoms. The second-order valence-corrected chi connectivity index (χ2v) is 10.4. The first-order chi connectivity index (χ1) is 19.4. The minimum Gasteiger partial charge on any atom is -0.493 e. The largest absolute Gasteiger partial charge is 0.493 e. The predicted molar refractivity (Wildman–Crippen MR) is 158 cm³/mol. The number of rotatable bonds is 8. The van der Waals surface area contributed by atoms with Crippen molar-refractivity contribution in [2.75, 3.05) is 45.7 Å². The summed E-state index contributed by atoms with van der Waals surface area (Å²) in [5, 5.41) is 7.21. The van der Waals surface area contributed by atoms with Crippen LogP contribution in [-0.4, -0.2) is 40.8 Å². The predicted octanol–water partition coefficient (Wildman–Crippen LogP) is 6.86. The van der Waals surface area contributed by atoms with E-state index in [1.54, 1.807) is 28.4 Å². The summed E-state index contributed by atoms with van der Waals surface area (Å²) >= 11 is 3.66. The zero-order valence-corrected chi connectivity index (χ0v) is 24.8. The molecule has 2 atom stereocenters. The fourth-order valence-electron chi connectivity index (χ4n) is 5.51. The fourth-order valence-corrected chi connectivity index (χ4v) is 6.08. The van der Waals surface area contributed by atoms with E-state index in [-0.39, 0.29) is 11.7 Å². The van der Waals surface area contributed by atoms with Crippen molar-refractivity contribution in [2.24, 2.45) is 0 Å². The van der Waals surface area contributed by atoms with Crippen molar-refractivity contribution in [3.05, 3.63) is 75.4 Å². The maximum Gasteiger partial charge on any atom is 0.203 e. The standard InChI is InChI=1S/C31H33BrN2O6/c1-6-40-30-20(32)11-19(16-25(30)36-2)29-28-23(33-21-9-7-8-10-22(21)34-29)12-17(13-24(28)35)18-14-26(37-3)31(39-5)27(15-18)38-4/h7-11,14-17,29,33-34H,6,12-13H2,1-5H3/t17-,29+/m0/s1. The van der Waals surface area contributed by atoms with Crippen LogP contribution in [0.25, 0.3) is 0 Å². The number of fused-ring (bicyclic) bond motifs is 1. The molecule has 0 unspecified atom stereocenters. The first-order valence-corrected chi connectivity index (χ1v) is 13.9. The highest BCUT2D eigenvalue weighted by atomic mass is 79.9. The number of carbonyl (C=O) groups excluding carboxylic acids is 1. The Morgan fingerprint density at radius 3 is 2.08 bits per heavy atom. The van der Waals surface area contributed by atoms with Crippen LogP contribution in [0.15, 0.2) is 64.3 Å². The van der Waals surface area contributed by atoms with E-state index < -0.39 is 6.04 Å². The summed E-state index contributed by atoms with van der Waals surface area (Å²) in [6.07, 6.45) is 0.963. The number of para-hydroxylation sites is 2. The molecule has 0 aromatic heterocycles. The number of ether oxygens (including phenoxy) is 5. The molecule has 8 nitrogen and oxygen atoms in total. The number of nitrogens with one attached hydrogen (secondary N) is 2. The molecule has 3 aromatic carbocycles. The average molecular weight is 610 g/mol. The van der Waals surface area contributed by atoms with Gasteiger partial charge in [-0.15, -0.1) is 0 Å². The van der Waals surface area contributed by atoms with Crippen LogP contribution >= 0.6 is 15.9 Å². The number of anilines is 2. The molecule has 1 aliphatic heterocycles. The van der Waals surface area contributed by atoms with E-state index >= 15 is 0 Å². The highest BCUT2D eigenvalue weighted by Gasteiger charge is 2.37. The lowest BCUT2D eigenvalue weighted by Crippen LogP contribution is -2.27. The van der Waals surface area contributed by atoms with Crippen molar-refractivity contribution in [1.82, 2.24) is 0 Å². The van der Waals surface area contributed by atoms with Crippen LogP contribution in [0.1, 0.15) is 42.9 Å². The number of methoxy groups -OCH3 is 4. The summed E-state index contributed by atoms with van der Waals surface area (Å²) in [4.78, 5) is 14.0. The minimum absolute atomic E-state index is 0.0572. The first-order valence-electron chi connectivity index (χ1n) is 13.1. The lowest BCUT2D eigenvalue weighted by Gasteiger charge is -2.30. The van der Waals surface area contributed by atoms with Gasteiger partial charge in [0.15, 0.2) is 28.8 Å². The monoisotopic (exact) mass is 608 g/mol. The Bertz CT molecular complexity index is 1450. The lowest BCUT2D eigenvalue weighted by atomic mass is 9.78. The van der Waals surface area contributed by atoms with Gasteiger partial charge in [-0.3, -0.25) is 4.79 Å². The van der Waals surface area contributed by atoms with Crippen molar-refractivity contribution in [2.45, 2.75) is 31.7 Å². The van der Waals surface area contributed by atoms with Crippen LogP contribution in [0.5, 0.6) is 28.7 Å². The molecular formula is C31H33BrN2O6. The van der Waals surface area contributed by atoms with E-state index in [1.165, 1.54) is 0 Å². The second-order valence-electron chi connectivity index (χ2n) is 9.59. The Kier molecular flexibility index (Phi) is 8.12. The molecule has 0 bridgehead atoms. The molecule has 5 rings (SSSR count). The van der Waals surface area contributed by atoms with Crippen LogP contribution in [0, 0.1) is 0 Å². The summed E-state index contributed by atoms with van der Waals surface area (Å²) < 4.78 is 28.9. The molecule has 2 N–H and O–H groups in total. The molecule has 0 fully saturated rings. The van der Waals surface area contributed by atoms with E-state index in [9.17, 15) is 4.79 Å². The van der Waals surface area contributed by atoms with Gasteiger partial charge in [-0.05, 0) is 82.7 Å². The van der Waals surface area contributed by atoms with Gasteiger partial charge in [0.05, 0.1) is 56.9 Å². The number of Topliss-reactive ketones (excluding diaryl/α,β-unsaturated/α-hetero) is 1. The van der Waals surface area contributed by atoms with Gasteiger partial charge in [-0.2, -0.15) is 0 Å². The summed E-state index contributed by atoms with van der Waals surface area (Å²) in [6, 6.07) is 15.4. The topological polar surface area (TPSA) is 87.3 Å². The molecule has 1 heterocycles. The van der Waals surface area contributed by atoms with Gasteiger partial charge in [-0.25, -0.2) is 0 Å². The van der Waals surface area contributed by atoms with E-state index in [1.807, 2.05) is 55.5 Å². The Hall–Kier alpha value is -3.85. The number of ketones is 1. The van der Waals surface area contributed by atoms with Crippen LogP contribution in [0.2, 0.25) is 0 Å². The molecule has 2 aliphatic rings. The van der Waals surface area contributed by atoms with Gasteiger partial charge in [0.2, 0.25) is 5.75 Å². The highest BCUT2D eigenvalue weighted by Crippen LogP contribution is 2.48. The molecule has 210 valence electrons. The normalized spacial score (nSPS) is 18.0. The SMILES string of the molecule is CCOc1c(Br)cc([C@H]2Nc3ccccc3NC3=C2C(=O)C[C@@H](c2cc(OC)c(OC)c(OC)c2)C3)cc1OC. The number of hydrogen-bond acceptors (Lipinski definition) is 8. The molecule has 0 saturated carbocycles. The van der Waals surface area contributed by atoms with Gasteiger partial charge in [0.1, 0.15) is 0 Å². The van der Waals surface area contributed by atoms with Crippen molar-refractivity contribution in [1.29, 1.82) is 0 Å². The lowest BCUT2D eigenvalue weighted by molar-refractivity contribution is -0.116. The van der Waals surface area contributed by atoms with Crippen LogP contribution in [0.3, 0.4) is 0 Å². The third kappa shape index (κ3) is 5.06. The number of allylic oxidation sites excluding steroid dienone is 1. The quantitative estimate of drug-likeness (QED) is 0.287. The molecular weight excluding hydrogens is 576 g/mol. The van der Waals surface area contributed by atoms with Crippen molar-refractivity contribution in [3.63, 3.8) is 0 Å². The van der Waals surface area contributed by atoms with Crippen molar-refractivity contribution >= 4 is 33.1 Å². The average Bonchev–Trinajstić information content (AvgIpc) is 3.14. The molecule has 40 heavy (non-hydrogen) atoms. The maximum atomic E-state index is 14.0. The van der Waals surface area contributed by atoms with E-state index in [0.29, 0.717) is 53.8 Å². The van der Waals surface area contributed by atoms with Gasteiger partial charge < -0.3 is 34.3 Å². The Labute approximate surface area is 242 Å². The van der Waals surface area contributed by atoms with Crippen LogP contribution in [-0.2, 0) is 4.79 Å². The van der Waals surface area contributed by atoms with Gasteiger partial charge >= 0.3 is 0 Å². The molecule has 0 amide bonds. The van der Waals surface area contributed by atoms with Crippen molar-refractivity contribution < 1.29 is 28.5 Å². The van der Waals surface area contributed by atoms with Crippen molar-refractivity contribution in [3.8, 4) is 28.7 Å². The van der Waals surface area contributed by atoms with Gasteiger partial charge in [-0.1, -0.05) is 12.1 Å². The Morgan fingerprint density at radius 1 is 0.825 bits per heavy atom. The van der Waals surface area contributed by atoms with Crippen LogP contribution in [0.4, 0.5) is 11.4 Å². The summed E-state index contributed by atoms with van der Waals surface area (Å²) in [7, 11) is 6.38. The number of hydrogen-bond donors (Lipinski definition) is 2. The molecule has 0 saturated heterocycles. The second kappa shape index (κ2) is 11.7. The Balaban J connectivity index is 1.62. The van der Waals surface area contributed by atoms with Gasteiger partial charge in [0.25, 0.3) is 0 Å². The van der Waals surface area contributed by atoms with Crippen LogP contribution < -0.4 is 34.3 Å².